The second-order valence-electron chi connectivity index (χ2n) is 4.10. The van der Waals surface area contributed by atoms with Crippen molar-refractivity contribution in [1.82, 2.24) is 0 Å². The zero-order valence-electron chi connectivity index (χ0n) is 8.83. The van der Waals surface area contributed by atoms with E-state index in [9.17, 15) is 0 Å². The van der Waals surface area contributed by atoms with E-state index in [1.807, 2.05) is 0 Å². The molecule has 0 aromatic heterocycles. The first-order valence-electron chi connectivity index (χ1n) is 5.23. The standard InChI is InChI=1S/C14H16/c1-11(2)12-7-9-14(10-8-12)13-5-3-4-6-13/h3-5,7-11H,6H2,1-2H3. The summed E-state index contributed by atoms with van der Waals surface area (Å²) >= 11 is 0. The molecule has 1 aliphatic rings. The number of hydrogen-bond acceptors (Lipinski definition) is 0. The lowest BCUT2D eigenvalue weighted by Crippen LogP contribution is -1.87. The summed E-state index contributed by atoms with van der Waals surface area (Å²) in [5.74, 6) is 0.625. The van der Waals surface area contributed by atoms with Crippen molar-refractivity contribution in [2.45, 2.75) is 26.2 Å². The van der Waals surface area contributed by atoms with Crippen molar-refractivity contribution in [3.8, 4) is 0 Å². The van der Waals surface area contributed by atoms with Crippen molar-refractivity contribution in [3.05, 3.63) is 53.6 Å². The van der Waals surface area contributed by atoms with Gasteiger partial charge in [-0.15, -0.1) is 0 Å². The Morgan fingerprint density at radius 1 is 1.07 bits per heavy atom. The van der Waals surface area contributed by atoms with Crippen molar-refractivity contribution in [2.24, 2.45) is 0 Å². The van der Waals surface area contributed by atoms with E-state index < -0.39 is 0 Å². The highest BCUT2D eigenvalue weighted by molar-refractivity contribution is 5.70. The van der Waals surface area contributed by atoms with Crippen molar-refractivity contribution in [1.29, 1.82) is 0 Å². The second-order valence-corrected chi connectivity index (χ2v) is 4.10. The average Bonchev–Trinajstić information content (AvgIpc) is 2.71. The summed E-state index contributed by atoms with van der Waals surface area (Å²) in [6.07, 6.45) is 7.61. The molecule has 0 amide bonds. The molecule has 0 nitrogen and oxygen atoms in total. The lowest BCUT2D eigenvalue weighted by atomic mass is 9.98. The molecule has 0 spiro atoms. The van der Waals surface area contributed by atoms with Gasteiger partial charge in [-0.3, -0.25) is 0 Å². The topological polar surface area (TPSA) is 0 Å². The summed E-state index contributed by atoms with van der Waals surface area (Å²) in [6, 6.07) is 8.93. The van der Waals surface area contributed by atoms with Gasteiger partial charge in [0, 0.05) is 0 Å². The highest BCUT2D eigenvalue weighted by Crippen LogP contribution is 2.24. The summed E-state index contributed by atoms with van der Waals surface area (Å²) in [5, 5.41) is 0. The van der Waals surface area contributed by atoms with Crippen LogP contribution in [0.1, 0.15) is 37.3 Å². The van der Waals surface area contributed by atoms with Gasteiger partial charge in [0.2, 0.25) is 0 Å². The fraction of sp³-hybridized carbons (Fsp3) is 0.286. The molecule has 0 atom stereocenters. The highest BCUT2D eigenvalue weighted by atomic mass is 14.1. The third-order valence-corrected chi connectivity index (χ3v) is 2.72. The van der Waals surface area contributed by atoms with Gasteiger partial charge in [0.25, 0.3) is 0 Å². The van der Waals surface area contributed by atoms with Crippen molar-refractivity contribution >= 4 is 5.57 Å². The molecule has 0 N–H and O–H groups in total. The summed E-state index contributed by atoms with van der Waals surface area (Å²) < 4.78 is 0. The molecular weight excluding hydrogens is 168 g/mol. The molecule has 0 fully saturated rings. The molecular formula is C14H16. The van der Waals surface area contributed by atoms with Crippen LogP contribution >= 0.6 is 0 Å². The Labute approximate surface area is 86.0 Å². The zero-order chi connectivity index (χ0) is 9.97. The maximum absolute atomic E-state index is 2.24. The van der Waals surface area contributed by atoms with Crippen molar-refractivity contribution in [3.63, 3.8) is 0 Å². The quantitative estimate of drug-likeness (QED) is 0.647. The van der Waals surface area contributed by atoms with Crippen LogP contribution in [0.2, 0.25) is 0 Å². The van der Waals surface area contributed by atoms with E-state index in [0.717, 1.165) is 6.42 Å². The van der Waals surface area contributed by atoms with E-state index in [1.54, 1.807) is 0 Å². The largest absolute Gasteiger partial charge is 0.0801 e. The van der Waals surface area contributed by atoms with Crippen LogP contribution in [0.15, 0.2) is 42.5 Å². The molecule has 1 aromatic rings. The first-order chi connectivity index (χ1) is 6.77. The fourth-order valence-corrected chi connectivity index (χ4v) is 1.74. The van der Waals surface area contributed by atoms with Crippen LogP contribution in [-0.4, -0.2) is 0 Å². The first-order valence-corrected chi connectivity index (χ1v) is 5.23. The number of benzene rings is 1. The van der Waals surface area contributed by atoms with Gasteiger partial charge in [0.05, 0.1) is 0 Å². The predicted molar refractivity (Wildman–Crippen MR) is 62.3 cm³/mol. The normalized spacial score (nSPS) is 14.9. The molecule has 14 heavy (non-hydrogen) atoms. The molecule has 72 valence electrons. The maximum atomic E-state index is 2.24. The Kier molecular flexibility index (Phi) is 2.53. The number of rotatable bonds is 2. The lowest BCUT2D eigenvalue weighted by molar-refractivity contribution is 0.866. The number of hydrogen-bond donors (Lipinski definition) is 0. The molecule has 0 unspecified atom stereocenters. The van der Waals surface area contributed by atoms with Crippen LogP contribution in [0.25, 0.3) is 5.57 Å². The minimum atomic E-state index is 0.625. The summed E-state index contributed by atoms with van der Waals surface area (Å²) in [4.78, 5) is 0. The van der Waals surface area contributed by atoms with E-state index in [1.165, 1.54) is 16.7 Å². The molecule has 0 heterocycles. The van der Waals surface area contributed by atoms with Gasteiger partial charge in [0.1, 0.15) is 0 Å². The van der Waals surface area contributed by atoms with E-state index in [2.05, 4.69) is 56.3 Å². The SMILES string of the molecule is CC(C)c1ccc(C2=CC=CC2)cc1. The van der Waals surface area contributed by atoms with Crippen LogP contribution in [0, 0.1) is 0 Å². The van der Waals surface area contributed by atoms with Gasteiger partial charge in [-0.05, 0) is 29.0 Å². The molecule has 0 saturated heterocycles. The molecule has 1 aromatic carbocycles. The molecule has 0 radical (unpaired) electrons. The molecule has 2 rings (SSSR count). The van der Waals surface area contributed by atoms with Crippen LogP contribution in [0.5, 0.6) is 0 Å². The van der Waals surface area contributed by atoms with Crippen molar-refractivity contribution < 1.29 is 0 Å². The Balaban J connectivity index is 2.22. The second kappa shape index (κ2) is 3.83. The Bertz CT molecular complexity index is 364. The highest BCUT2D eigenvalue weighted by Gasteiger charge is 2.03. The van der Waals surface area contributed by atoms with Gasteiger partial charge in [-0.2, -0.15) is 0 Å². The molecule has 0 aliphatic heterocycles. The first kappa shape index (κ1) is 9.26. The van der Waals surface area contributed by atoms with E-state index >= 15 is 0 Å². The van der Waals surface area contributed by atoms with Gasteiger partial charge < -0.3 is 0 Å². The Morgan fingerprint density at radius 2 is 1.79 bits per heavy atom. The number of allylic oxidation sites excluding steroid dienone is 4. The smallest absolute Gasteiger partial charge is 0.00884 e. The Morgan fingerprint density at radius 3 is 2.29 bits per heavy atom. The van der Waals surface area contributed by atoms with Gasteiger partial charge in [-0.1, -0.05) is 56.3 Å². The fourth-order valence-electron chi connectivity index (χ4n) is 1.74. The van der Waals surface area contributed by atoms with Crippen LogP contribution in [-0.2, 0) is 0 Å². The molecule has 0 bridgehead atoms. The molecule has 0 saturated carbocycles. The molecule has 1 aliphatic carbocycles. The predicted octanol–water partition coefficient (Wildman–Crippen LogP) is 4.15. The van der Waals surface area contributed by atoms with Crippen LogP contribution in [0.3, 0.4) is 0 Å². The summed E-state index contributed by atoms with van der Waals surface area (Å²) in [7, 11) is 0. The van der Waals surface area contributed by atoms with E-state index in [-0.39, 0.29) is 0 Å². The maximum Gasteiger partial charge on any atom is -0.00884 e. The van der Waals surface area contributed by atoms with Crippen LogP contribution < -0.4 is 0 Å². The third kappa shape index (κ3) is 1.79. The summed E-state index contributed by atoms with van der Waals surface area (Å²) in [5.41, 5.74) is 4.21. The van der Waals surface area contributed by atoms with E-state index in [4.69, 9.17) is 0 Å². The summed E-state index contributed by atoms with van der Waals surface area (Å²) in [6.45, 7) is 4.46. The molecule has 0 heteroatoms. The minimum absolute atomic E-state index is 0.625. The van der Waals surface area contributed by atoms with Crippen LogP contribution in [0.4, 0.5) is 0 Å². The van der Waals surface area contributed by atoms with Gasteiger partial charge >= 0.3 is 0 Å². The monoisotopic (exact) mass is 184 g/mol. The zero-order valence-corrected chi connectivity index (χ0v) is 8.83. The van der Waals surface area contributed by atoms with E-state index in [0.29, 0.717) is 5.92 Å². The average molecular weight is 184 g/mol. The third-order valence-electron chi connectivity index (χ3n) is 2.72. The van der Waals surface area contributed by atoms with Gasteiger partial charge in [-0.25, -0.2) is 0 Å². The van der Waals surface area contributed by atoms with Gasteiger partial charge in [0.15, 0.2) is 0 Å². The lowest BCUT2D eigenvalue weighted by Gasteiger charge is -2.07. The minimum Gasteiger partial charge on any atom is -0.0801 e. The Hall–Kier alpha value is -1.30. The van der Waals surface area contributed by atoms with Crippen molar-refractivity contribution in [2.75, 3.05) is 0 Å².